The Hall–Kier alpha value is -3.94. The third kappa shape index (κ3) is 3.25. The largest absolute Gasteiger partial charge is 0.478 e. The zero-order valence-electron chi connectivity index (χ0n) is 16.0. The molecular weight excluding hydrogens is 374 g/mol. The summed E-state index contributed by atoms with van der Waals surface area (Å²) in [5.41, 5.74) is 0.866. The average Bonchev–Trinajstić information content (AvgIpc) is 3.09. The van der Waals surface area contributed by atoms with Crippen LogP contribution in [0.4, 0.5) is 0 Å². The summed E-state index contributed by atoms with van der Waals surface area (Å²) in [6.45, 7) is 1.80. The number of aromatic nitrogens is 2. The van der Waals surface area contributed by atoms with Gasteiger partial charge < -0.3 is 19.2 Å². The predicted octanol–water partition coefficient (Wildman–Crippen LogP) is 3.88. The lowest BCUT2D eigenvalue weighted by atomic mass is 10.0. The summed E-state index contributed by atoms with van der Waals surface area (Å²) in [6, 6.07) is 8.47. The van der Waals surface area contributed by atoms with E-state index < -0.39 is 5.97 Å². The summed E-state index contributed by atoms with van der Waals surface area (Å²) in [7, 11) is 3.25. The highest BCUT2D eigenvalue weighted by Gasteiger charge is 2.18. The number of amides is 1. The van der Waals surface area contributed by atoms with Crippen molar-refractivity contribution in [1.82, 2.24) is 14.9 Å². The molecule has 8 heteroatoms. The van der Waals surface area contributed by atoms with Gasteiger partial charge in [-0.15, -0.1) is 0 Å². The molecule has 0 aliphatic rings. The summed E-state index contributed by atoms with van der Waals surface area (Å²) < 4.78 is 11.7. The van der Waals surface area contributed by atoms with Gasteiger partial charge in [0, 0.05) is 24.9 Å². The number of carboxylic acids is 1. The van der Waals surface area contributed by atoms with Gasteiger partial charge in [-0.05, 0) is 25.1 Å². The Kier molecular flexibility index (Phi) is 4.38. The van der Waals surface area contributed by atoms with E-state index in [0.29, 0.717) is 33.3 Å². The van der Waals surface area contributed by atoms with Gasteiger partial charge >= 0.3 is 5.97 Å². The fourth-order valence-electron chi connectivity index (χ4n) is 3.12. The molecule has 8 nitrogen and oxygen atoms in total. The summed E-state index contributed by atoms with van der Waals surface area (Å²) in [5, 5.41) is 11.4. The van der Waals surface area contributed by atoms with Crippen LogP contribution < -0.4 is 4.74 Å². The minimum absolute atomic E-state index is 0.140. The monoisotopic (exact) mass is 391 g/mol. The van der Waals surface area contributed by atoms with Crippen molar-refractivity contribution in [2.24, 2.45) is 0 Å². The second kappa shape index (κ2) is 6.90. The minimum Gasteiger partial charge on any atom is -0.478 e. The molecule has 0 saturated heterocycles. The van der Waals surface area contributed by atoms with E-state index in [0.717, 1.165) is 0 Å². The van der Waals surface area contributed by atoms with E-state index in [1.54, 1.807) is 39.2 Å². The van der Waals surface area contributed by atoms with Gasteiger partial charge in [-0.25, -0.2) is 14.8 Å². The fraction of sp³-hybridized carbons (Fsp3) is 0.143. The van der Waals surface area contributed by atoms with Crippen LogP contribution in [-0.2, 0) is 0 Å². The molecule has 0 aliphatic carbocycles. The number of aromatic carboxylic acids is 1. The van der Waals surface area contributed by atoms with E-state index in [2.05, 4.69) is 9.97 Å². The average molecular weight is 391 g/mol. The smallest absolute Gasteiger partial charge is 0.336 e. The molecule has 0 fully saturated rings. The summed E-state index contributed by atoms with van der Waals surface area (Å²) in [4.78, 5) is 33.3. The first kappa shape index (κ1) is 18.4. The third-order valence-corrected chi connectivity index (χ3v) is 4.45. The molecule has 2 aromatic heterocycles. The van der Waals surface area contributed by atoms with E-state index in [4.69, 9.17) is 9.15 Å². The molecule has 1 N–H and O–H groups in total. The lowest BCUT2D eigenvalue weighted by Crippen LogP contribution is -2.22. The van der Waals surface area contributed by atoms with Crippen molar-refractivity contribution in [2.75, 3.05) is 14.1 Å². The first-order chi connectivity index (χ1) is 13.8. The van der Waals surface area contributed by atoms with Gasteiger partial charge in [-0.2, -0.15) is 0 Å². The molecule has 1 amide bonds. The molecule has 2 heterocycles. The number of fused-ring (bicyclic) bond motifs is 3. The van der Waals surface area contributed by atoms with Gasteiger partial charge in [-0.3, -0.25) is 4.79 Å². The molecule has 4 rings (SSSR count). The van der Waals surface area contributed by atoms with E-state index in [-0.39, 0.29) is 23.0 Å². The van der Waals surface area contributed by atoms with Crippen LogP contribution >= 0.6 is 0 Å². The molecule has 0 bridgehead atoms. The molecule has 4 aromatic rings. The first-order valence-corrected chi connectivity index (χ1v) is 8.76. The highest BCUT2D eigenvalue weighted by molar-refractivity contribution is 6.14. The number of hydrogen-bond donors (Lipinski definition) is 1. The predicted molar refractivity (Wildman–Crippen MR) is 106 cm³/mol. The fourth-order valence-corrected chi connectivity index (χ4v) is 3.12. The van der Waals surface area contributed by atoms with Crippen LogP contribution in [0, 0.1) is 6.92 Å². The van der Waals surface area contributed by atoms with Crippen LogP contribution in [0.25, 0.3) is 21.7 Å². The van der Waals surface area contributed by atoms with Crippen LogP contribution in [0.2, 0.25) is 0 Å². The minimum atomic E-state index is -1.05. The van der Waals surface area contributed by atoms with Crippen molar-refractivity contribution in [2.45, 2.75) is 6.92 Å². The van der Waals surface area contributed by atoms with Crippen molar-refractivity contribution in [3.63, 3.8) is 0 Å². The number of carboxylic acid groups (broad SMARTS) is 1. The van der Waals surface area contributed by atoms with Gasteiger partial charge in [0.25, 0.3) is 5.91 Å². The number of ether oxygens (including phenoxy) is 1. The quantitative estimate of drug-likeness (QED) is 0.563. The highest BCUT2D eigenvalue weighted by atomic mass is 16.5. The Morgan fingerprint density at radius 3 is 2.52 bits per heavy atom. The number of furan rings is 1. The maximum atomic E-state index is 12.0. The molecule has 2 aromatic carbocycles. The Bertz CT molecular complexity index is 1260. The maximum Gasteiger partial charge on any atom is 0.336 e. The van der Waals surface area contributed by atoms with Crippen LogP contribution in [0.1, 0.15) is 26.6 Å². The van der Waals surface area contributed by atoms with Crippen LogP contribution in [0.3, 0.4) is 0 Å². The van der Waals surface area contributed by atoms with Gasteiger partial charge in [0.15, 0.2) is 0 Å². The Balaban J connectivity index is 1.83. The molecule has 0 unspecified atom stereocenters. The lowest BCUT2D eigenvalue weighted by Gasteiger charge is -2.11. The van der Waals surface area contributed by atoms with E-state index in [9.17, 15) is 14.7 Å². The molecule has 0 saturated carbocycles. The molecule has 0 aliphatic heterocycles. The SMILES string of the molecule is Cc1cc2c(Oc3cnc(C(=O)N(C)C)cn3)cc3c(C(=O)O)cccc3c2o1. The van der Waals surface area contributed by atoms with Crippen molar-refractivity contribution in [1.29, 1.82) is 0 Å². The lowest BCUT2D eigenvalue weighted by molar-refractivity contribution is 0.0698. The van der Waals surface area contributed by atoms with E-state index in [1.807, 2.05) is 6.07 Å². The molecule has 0 atom stereocenters. The first-order valence-electron chi connectivity index (χ1n) is 8.76. The Morgan fingerprint density at radius 2 is 1.86 bits per heavy atom. The number of rotatable bonds is 4. The molecule has 29 heavy (non-hydrogen) atoms. The number of nitrogens with zero attached hydrogens (tertiary/aromatic N) is 3. The van der Waals surface area contributed by atoms with Crippen LogP contribution in [0.5, 0.6) is 11.6 Å². The second-order valence-corrected chi connectivity index (χ2v) is 6.72. The normalized spacial score (nSPS) is 11.0. The summed E-state index contributed by atoms with van der Waals surface area (Å²) in [5.74, 6) is -0.0908. The summed E-state index contributed by atoms with van der Waals surface area (Å²) in [6.07, 6.45) is 2.68. The number of carbonyl (C=O) groups excluding carboxylic acids is 1. The van der Waals surface area contributed by atoms with Crippen molar-refractivity contribution in [3.8, 4) is 11.6 Å². The summed E-state index contributed by atoms with van der Waals surface area (Å²) >= 11 is 0. The van der Waals surface area contributed by atoms with Crippen molar-refractivity contribution >= 4 is 33.6 Å². The van der Waals surface area contributed by atoms with Gasteiger partial charge in [0.05, 0.1) is 23.3 Å². The van der Waals surface area contributed by atoms with Gasteiger partial charge in [0.1, 0.15) is 22.8 Å². The number of benzene rings is 2. The number of carbonyl (C=O) groups is 2. The molecule has 0 radical (unpaired) electrons. The van der Waals surface area contributed by atoms with Crippen LogP contribution in [0.15, 0.2) is 47.1 Å². The van der Waals surface area contributed by atoms with Crippen molar-refractivity contribution in [3.05, 3.63) is 59.7 Å². The molecular formula is C21H17N3O5. The number of hydrogen-bond acceptors (Lipinski definition) is 6. The molecule has 146 valence electrons. The maximum absolute atomic E-state index is 12.0. The number of aryl methyl sites for hydroxylation is 1. The zero-order valence-corrected chi connectivity index (χ0v) is 16.0. The standard InChI is InChI=1S/C21H17N3O5/c1-11-7-15-17(29-18-10-22-16(9-23-18)20(25)24(2)3)8-14-12(19(15)28-11)5-4-6-13(14)21(26)27/h4-10H,1-3H3,(H,26,27). The van der Waals surface area contributed by atoms with Crippen LogP contribution in [-0.4, -0.2) is 45.9 Å². The van der Waals surface area contributed by atoms with Crippen molar-refractivity contribution < 1.29 is 23.8 Å². The topological polar surface area (TPSA) is 106 Å². The van der Waals surface area contributed by atoms with E-state index >= 15 is 0 Å². The van der Waals surface area contributed by atoms with E-state index in [1.165, 1.54) is 23.4 Å². The zero-order chi connectivity index (χ0) is 20.7. The Labute approximate surface area is 165 Å². The van der Waals surface area contributed by atoms with Gasteiger partial charge in [-0.1, -0.05) is 12.1 Å². The second-order valence-electron chi connectivity index (χ2n) is 6.72. The highest BCUT2D eigenvalue weighted by Crippen LogP contribution is 2.38. The Morgan fingerprint density at radius 1 is 1.07 bits per heavy atom. The molecule has 0 spiro atoms. The third-order valence-electron chi connectivity index (χ3n) is 4.45. The van der Waals surface area contributed by atoms with Gasteiger partial charge in [0.2, 0.25) is 5.88 Å².